The molecule has 0 aromatic rings. The molecular formula is C46H84O4Si3. The Hall–Kier alpha value is -0.709. The zero-order valence-electron chi connectivity index (χ0n) is 38.2. The molecule has 0 heterocycles. The lowest BCUT2D eigenvalue weighted by atomic mass is 9.49. The summed E-state index contributed by atoms with van der Waals surface area (Å²) in [6, 6.07) is 3.53. The summed E-state index contributed by atoms with van der Waals surface area (Å²) in [4.78, 5) is 0. The molecule has 4 aliphatic rings. The molecule has 2 unspecified atom stereocenters. The smallest absolute Gasteiger partial charge is 0.192 e. The number of hydrogen-bond acceptors (Lipinski definition) is 4. The number of fused-ring (bicyclic) bond motifs is 5. The van der Waals surface area contributed by atoms with Gasteiger partial charge >= 0.3 is 0 Å². The van der Waals surface area contributed by atoms with Gasteiger partial charge < -0.3 is 18.0 Å². The van der Waals surface area contributed by atoms with Crippen LogP contribution in [0.15, 0.2) is 47.3 Å². The number of hydrogen-bond donors (Lipinski definition) is 0. The monoisotopic (exact) mass is 785 g/mol. The van der Waals surface area contributed by atoms with Crippen molar-refractivity contribution in [1.29, 1.82) is 0 Å². The largest absolute Gasteiger partial charge is 0.491 e. The topological polar surface area (TPSA) is 36.9 Å². The van der Waals surface area contributed by atoms with Gasteiger partial charge in [0, 0.05) is 5.41 Å². The Morgan fingerprint density at radius 2 is 1.36 bits per heavy atom. The van der Waals surface area contributed by atoms with Gasteiger partial charge in [-0.1, -0.05) is 106 Å². The molecule has 0 aliphatic heterocycles. The average Bonchev–Trinajstić information content (AvgIpc) is 3.39. The molecule has 4 rings (SSSR count). The fourth-order valence-electron chi connectivity index (χ4n) is 10.1. The standard InChI is InChI=1S/C46H84O4Si3/c1-20-53(21-2,22-3)50-43(10,11)29-23-31-47-44(12,13)39-27-26-37-36-25-24-34-32-35(48-51(16,17)41(4,5)6)33-40(49-52(18,19)42(7,8)9)46(34,15)38(36)28-30-45(37,39)14/h23-25,27,31,35,37-38,40H,20-22,26,28-30,32-33H2,1-19H3/t35?,37-,38-,40?,45-,46-/m0/s1. The zero-order valence-corrected chi connectivity index (χ0v) is 41.2. The molecule has 2 saturated carbocycles. The highest BCUT2D eigenvalue weighted by molar-refractivity contribution is 6.74. The SMILES string of the molecule is CC[Si](CC)(CC)OC(C)(C)CC=COC(C)(C)C1=CC[C@H]2C3=CC=C4CC(O[Si](C)(C)C(C)(C)C)CC(O[Si](C)(C)C(C)(C)C)[C@]4(C)[C@H]3CC[C@]12C. The van der Waals surface area contributed by atoms with Gasteiger partial charge in [-0.25, -0.2) is 0 Å². The van der Waals surface area contributed by atoms with Crippen molar-refractivity contribution in [2.24, 2.45) is 22.7 Å². The molecule has 0 amide bonds. The van der Waals surface area contributed by atoms with E-state index in [9.17, 15) is 0 Å². The van der Waals surface area contributed by atoms with Crippen molar-refractivity contribution in [3.8, 4) is 0 Å². The average molecular weight is 785 g/mol. The lowest BCUT2D eigenvalue weighted by molar-refractivity contribution is -0.0409. The summed E-state index contributed by atoms with van der Waals surface area (Å²) >= 11 is 0. The third-order valence-electron chi connectivity index (χ3n) is 15.8. The molecule has 0 N–H and O–H groups in total. The Labute approximate surface area is 331 Å². The van der Waals surface area contributed by atoms with E-state index in [1.807, 2.05) is 6.26 Å². The minimum atomic E-state index is -2.05. The first-order chi connectivity index (χ1) is 24.0. The van der Waals surface area contributed by atoms with E-state index in [1.54, 1.807) is 11.1 Å². The van der Waals surface area contributed by atoms with Crippen molar-refractivity contribution in [1.82, 2.24) is 0 Å². The quantitative estimate of drug-likeness (QED) is 0.0999. The summed E-state index contributed by atoms with van der Waals surface area (Å²) in [6.45, 7) is 45.1. The predicted octanol–water partition coefficient (Wildman–Crippen LogP) is 14.3. The first-order valence-electron chi connectivity index (χ1n) is 21.6. The first-order valence-corrected chi connectivity index (χ1v) is 29.9. The summed E-state index contributed by atoms with van der Waals surface area (Å²) in [5.74, 6) is 0.989. The van der Waals surface area contributed by atoms with E-state index < -0.39 is 25.0 Å². The Morgan fingerprint density at radius 3 is 1.91 bits per heavy atom. The van der Waals surface area contributed by atoms with Gasteiger partial charge in [0.1, 0.15) is 5.60 Å². The van der Waals surface area contributed by atoms with E-state index in [0.29, 0.717) is 11.8 Å². The highest BCUT2D eigenvalue weighted by atomic mass is 28.4. The molecule has 0 bridgehead atoms. The summed E-state index contributed by atoms with van der Waals surface area (Å²) in [5.41, 5.74) is 4.20. The van der Waals surface area contributed by atoms with Crippen LogP contribution in [0.5, 0.6) is 0 Å². The van der Waals surface area contributed by atoms with Crippen LogP contribution in [-0.2, 0) is 18.0 Å². The second-order valence-electron chi connectivity index (χ2n) is 22.2. The molecule has 0 radical (unpaired) electrons. The molecule has 0 saturated heterocycles. The summed E-state index contributed by atoms with van der Waals surface area (Å²) in [5, 5.41) is 0.335. The minimum Gasteiger partial charge on any atom is -0.491 e. The molecule has 304 valence electrons. The number of allylic oxidation sites excluding steroid dienone is 4. The number of rotatable bonds is 14. The molecule has 53 heavy (non-hydrogen) atoms. The van der Waals surface area contributed by atoms with E-state index in [0.717, 1.165) is 25.7 Å². The van der Waals surface area contributed by atoms with Crippen LogP contribution in [0.4, 0.5) is 0 Å². The van der Waals surface area contributed by atoms with Gasteiger partial charge in [-0.3, -0.25) is 0 Å². The predicted molar refractivity (Wildman–Crippen MR) is 236 cm³/mol. The van der Waals surface area contributed by atoms with E-state index in [1.165, 1.54) is 36.5 Å². The highest BCUT2D eigenvalue weighted by Crippen LogP contribution is 2.66. The molecule has 0 spiro atoms. The van der Waals surface area contributed by atoms with Crippen LogP contribution in [0.2, 0.25) is 54.4 Å². The van der Waals surface area contributed by atoms with Crippen molar-refractivity contribution in [2.75, 3.05) is 0 Å². The maximum absolute atomic E-state index is 7.59. The maximum Gasteiger partial charge on any atom is 0.192 e. The third kappa shape index (κ3) is 8.76. The summed E-state index contributed by atoms with van der Waals surface area (Å²) in [6.07, 6.45) is 18.5. The van der Waals surface area contributed by atoms with Crippen LogP contribution in [0.3, 0.4) is 0 Å². The molecule has 0 aromatic heterocycles. The van der Waals surface area contributed by atoms with Gasteiger partial charge in [0.2, 0.25) is 0 Å². The van der Waals surface area contributed by atoms with Gasteiger partial charge in [-0.15, -0.1) is 0 Å². The second kappa shape index (κ2) is 15.2. The molecule has 7 heteroatoms. The normalized spacial score (nSPS) is 30.4. The Balaban J connectivity index is 1.59. The maximum atomic E-state index is 7.59. The van der Waals surface area contributed by atoms with Crippen LogP contribution in [0, 0.1) is 22.7 Å². The lowest BCUT2D eigenvalue weighted by Crippen LogP contribution is -2.58. The van der Waals surface area contributed by atoms with E-state index in [-0.39, 0.29) is 44.3 Å². The second-order valence-corrected chi connectivity index (χ2v) is 36.4. The summed E-state index contributed by atoms with van der Waals surface area (Å²) < 4.78 is 28.4. The minimum absolute atomic E-state index is 0.0195. The molecule has 4 aliphatic carbocycles. The van der Waals surface area contributed by atoms with Crippen LogP contribution in [0.1, 0.15) is 142 Å². The number of ether oxygens (including phenoxy) is 1. The van der Waals surface area contributed by atoms with Gasteiger partial charge in [0.05, 0.1) is 24.1 Å². The van der Waals surface area contributed by atoms with E-state index >= 15 is 0 Å². The highest BCUT2D eigenvalue weighted by Gasteiger charge is 2.60. The van der Waals surface area contributed by atoms with Crippen molar-refractivity contribution < 1.29 is 18.0 Å². The molecular weight excluding hydrogens is 701 g/mol. The van der Waals surface area contributed by atoms with Gasteiger partial charge in [0.25, 0.3) is 0 Å². The molecule has 4 nitrogen and oxygen atoms in total. The van der Waals surface area contributed by atoms with Gasteiger partial charge in [-0.05, 0) is 150 Å². The van der Waals surface area contributed by atoms with Crippen molar-refractivity contribution in [3.63, 3.8) is 0 Å². The van der Waals surface area contributed by atoms with Crippen LogP contribution in [0.25, 0.3) is 0 Å². The first kappa shape index (κ1) is 45.0. The molecule has 2 fully saturated rings. The zero-order chi connectivity index (χ0) is 40.3. The summed E-state index contributed by atoms with van der Waals surface area (Å²) in [7, 11) is -5.67. The molecule has 6 atom stereocenters. The van der Waals surface area contributed by atoms with Crippen molar-refractivity contribution in [3.05, 3.63) is 47.3 Å². The van der Waals surface area contributed by atoms with Crippen molar-refractivity contribution >= 4 is 25.0 Å². The van der Waals surface area contributed by atoms with Gasteiger partial charge in [0.15, 0.2) is 25.0 Å². The Kier molecular flexibility index (Phi) is 12.9. The van der Waals surface area contributed by atoms with Gasteiger partial charge in [-0.2, -0.15) is 0 Å². The Bertz CT molecular complexity index is 1420. The van der Waals surface area contributed by atoms with Crippen LogP contribution >= 0.6 is 0 Å². The fourth-order valence-corrected chi connectivity index (χ4v) is 16.1. The van der Waals surface area contributed by atoms with Crippen LogP contribution < -0.4 is 0 Å². The van der Waals surface area contributed by atoms with Crippen molar-refractivity contribution in [2.45, 2.75) is 220 Å². The molecule has 0 aromatic carbocycles. The third-order valence-corrected chi connectivity index (χ3v) is 29.7. The van der Waals surface area contributed by atoms with E-state index in [4.69, 9.17) is 18.0 Å². The fraction of sp³-hybridized carbons (Fsp3) is 0.826. The van der Waals surface area contributed by atoms with Crippen LogP contribution in [-0.4, -0.2) is 48.4 Å². The lowest BCUT2D eigenvalue weighted by Gasteiger charge is -2.59. The Morgan fingerprint density at radius 1 is 0.792 bits per heavy atom. The van der Waals surface area contributed by atoms with E-state index in [2.05, 4.69) is 154 Å².